The maximum Gasteiger partial charge on any atom is 0.109 e. The topological polar surface area (TPSA) is 63.3 Å². The predicted molar refractivity (Wildman–Crippen MR) is 67.2 cm³/mol. The van der Waals surface area contributed by atoms with Gasteiger partial charge in [0.25, 0.3) is 0 Å². The zero-order valence-electron chi connectivity index (χ0n) is 8.77. The van der Waals surface area contributed by atoms with Crippen LogP contribution in [0.5, 0.6) is 0 Å². The summed E-state index contributed by atoms with van der Waals surface area (Å²) in [5.41, 5.74) is 6.53. The van der Waals surface area contributed by atoms with Gasteiger partial charge in [0.15, 0.2) is 0 Å². The van der Waals surface area contributed by atoms with E-state index in [9.17, 15) is 4.57 Å². The highest BCUT2D eigenvalue weighted by Gasteiger charge is 2.15. The second-order valence-corrected chi connectivity index (χ2v) is 7.92. The minimum atomic E-state index is -2.24. The van der Waals surface area contributed by atoms with Gasteiger partial charge in [0.2, 0.25) is 0 Å². The third kappa shape index (κ3) is 3.15. The molecule has 0 saturated carbocycles. The summed E-state index contributed by atoms with van der Waals surface area (Å²) in [6.45, 7) is 3.34. The van der Waals surface area contributed by atoms with Crippen LogP contribution in [0, 0.1) is 0 Å². The molecule has 0 bridgehead atoms. The Morgan fingerprint density at radius 2 is 2.13 bits per heavy atom. The number of benzene rings is 1. The van der Waals surface area contributed by atoms with Crippen molar-refractivity contribution in [3.05, 3.63) is 28.2 Å². The molecule has 0 saturated heterocycles. The van der Waals surface area contributed by atoms with Crippen LogP contribution in [0.25, 0.3) is 0 Å². The molecule has 3 nitrogen and oxygen atoms in total. The third-order valence-corrected chi connectivity index (χ3v) is 4.41. The van der Waals surface area contributed by atoms with E-state index >= 15 is 0 Å². The van der Waals surface area contributed by atoms with Crippen molar-refractivity contribution in [2.24, 2.45) is 5.73 Å². The van der Waals surface area contributed by atoms with Gasteiger partial charge in [-0.1, -0.05) is 28.1 Å². The van der Waals surface area contributed by atoms with Gasteiger partial charge in [-0.25, -0.2) is 0 Å². The number of halogens is 1. The average molecular weight is 292 g/mol. The van der Waals surface area contributed by atoms with Crippen LogP contribution in [0.4, 0.5) is 0 Å². The highest BCUT2D eigenvalue weighted by Crippen LogP contribution is 2.36. The molecule has 0 fully saturated rings. The molecule has 0 aromatic heterocycles. The molecule has 15 heavy (non-hydrogen) atoms. The maximum atomic E-state index is 11.8. The molecule has 1 rings (SSSR count). The Balaban J connectivity index is 3.15. The van der Waals surface area contributed by atoms with Crippen molar-refractivity contribution < 1.29 is 9.67 Å². The highest BCUT2D eigenvalue weighted by atomic mass is 79.9. The lowest BCUT2D eigenvalue weighted by Crippen LogP contribution is -2.16. The van der Waals surface area contributed by atoms with Crippen LogP contribution in [-0.2, 0) is 4.57 Å². The molecule has 0 aliphatic carbocycles. The van der Waals surface area contributed by atoms with E-state index in [1.54, 1.807) is 25.5 Å². The number of nitrogens with two attached hydrogens (primary N) is 1. The summed E-state index contributed by atoms with van der Waals surface area (Å²) in [5, 5.41) is 9.75. The summed E-state index contributed by atoms with van der Waals surface area (Å²) in [6, 6.07) is 5.02. The molecule has 0 aliphatic heterocycles. The smallest absolute Gasteiger partial charge is 0.109 e. The summed E-state index contributed by atoms with van der Waals surface area (Å²) in [7, 11) is -2.24. The van der Waals surface area contributed by atoms with Gasteiger partial charge in [0.05, 0.1) is 12.6 Å². The van der Waals surface area contributed by atoms with Gasteiger partial charge >= 0.3 is 0 Å². The Labute approximate surface area is 98.2 Å². The second kappa shape index (κ2) is 4.79. The van der Waals surface area contributed by atoms with Crippen molar-refractivity contribution >= 4 is 28.4 Å². The first-order valence-electron chi connectivity index (χ1n) is 4.57. The molecule has 1 aromatic rings. The molecule has 0 aliphatic rings. The molecule has 0 radical (unpaired) electrons. The fourth-order valence-corrected chi connectivity index (χ4v) is 2.97. The van der Waals surface area contributed by atoms with E-state index in [1.165, 1.54) is 0 Å². The van der Waals surface area contributed by atoms with Crippen LogP contribution in [-0.4, -0.2) is 25.0 Å². The largest absolute Gasteiger partial charge is 0.394 e. The van der Waals surface area contributed by atoms with Crippen LogP contribution < -0.4 is 11.0 Å². The molecule has 5 heteroatoms. The van der Waals surface area contributed by atoms with Gasteiger partial charge in [0, 0.05) is 9.78 Å². The van der Waals surface area contributed by atoms with Crippen LogP contribution >= 0.6 is 23.1 Å². The highest BCUT2D eigenvalue weighted by molar-refractivity contribution is 9.10. The number of hydrogen-bond donors (Lipinski definition) is 2. The number of aliphatic hydroxyl groups is 1. The van der Waals surface area contributed by atoms with Crippen molar-refractivity contribution in [3.8, 4) is 0 Å². The molecular weight excluding hydrogens is 277 g/mol. The first-order chi connectivity index (χ1) is 6.86. The Kier molecular flexibility index (Phi) is 4.13. The average Bonchev–Trinajstić information content (AvgIpc) is 2.15. The zero-order chi connectivity index (χ0) is 11.6. The lowest BCUT2D eigenvalue weighted by atomic mass is 10.1. The van der Waals surface area contributed by atoms with E-state index in [4.69, 9.17) is 10.8 Å². The van der Waals surface area contributed by atoms with E-state index in [1.807, 2.05) is 6.07 Å². The van der Waals surface area contributed by atoms with Crippen molar-refractivity contribution in [1.82, 2.24) is 0 Å². The molecule has 0 unspecified atom stereocenters. The second-order valence-electron chi connectivity index (χ2n) is 3.85. The summed E-state index contributed by atoms with van der Waals surface area (Å²) in [4.78, 5) is 0. The molecule has 3 N–H and O–H groups in total. The quantitative estimate of drug-likeness (QED) is 0.833. The van der Waals surface area contributed by atoms with Crippen molar-refractivity contribution in [3.63, 3.8) is 0 Å². The predicted octanol–water partition coefficient (Wildman–Crippen LogP) is 1.69. The zero-order valence-corrected chi connectivity index (χ0v) is 11.3. The maximum absolute atomic E-state index is 11.8. The van der Waals surface area contributed by atoms with Crippen LogP contribution in [0.2, 0.25) is 0 Å². The van der Waals surface area contributed by atoms with Crippen LogP contribution in [0.15, 0.2) is 22.7 Å². The fraction of sp³-hybridized carbons (Fsp3) is 0.400. The van der Waals surface area contributed by atoms with Crippen LogP contribution in [0.1, 0.15) is 11.6 Å². The minimum Gasteiger partial charge on any atom is -0.394 e. The van der Waals surface area contributed by atoms with E-state index in [-0.39, 0.29) is 6.61 Å². The lowest BCUT2D eigenvalue weighted by molar-refractivity contribution is 0.267. The summed E-state index contributed by atoms with van der Waals surface area (Å²) < 4.78 is 12.6. The SMILES string of the molecule is CP(C)(=O)c1ccc([C@@H](N)CO)c(Br)c1. The molecule has 0 spiro atoms. The van der Waals surface area contributed by atoms with Gasteiger partial charge in [-0.2, -0.15) is 0 Å². The Morgan fingerprint density at radius 1 is 1.53 bits per heavy atom. The Hall–Kier alpha value is -0.150. The van der Waals surface area contributed by atoms with E-state index in [2.05, 4.69) is 15.9 Å². The first-order valence-corrected chi connectivity index (χ1v) is 7.97. The molecule has 0 heterocycles. The van der Waals surface area contributed by atoms with E-state index in [0.29, 0.717) is 0 Å². The molecular formula is C10H15BrNO2P. The van der Waals surface area contributed by atoms with Gasteiger partial charge in [0.1, 0.15) is 7.14 Å². The van der Waals surface area contributed by atoms with Gasteiger partial charge in [-0.15, -0.1) is 0 Å². The standard InChI is InChI=1S/C10H15BrNO2P/c1-15(2,14)7-3-4-8(9(11)5-7)10(12)6-13/h3-5,10,13H,6,12H2,1-2H3/t10-/m0/s1. The first kappa shape index (κ1) is 12.9. The molecule has 0 amide bonds. The summed E-state index contributed by atoms with van der Waals surface area (Å²) >= 11 is 3.37. The summed E-state index contributed by atoms with van der Waals surface area (Å²) in [6.07, 6.45) is 0. The van der Waals surface area contributed by atoms with Crippen molar-refractivity contribution in [2.45, 2.75) is 6.04 Å². The van der Waals surface area contributed by atoms with Gasteiger partial charge in [-0.3, -0.25) is 0 Å². The molecule has 1 atom stereocenters. The Morgan fingerprint density at radius 3 is 2.53 bits per heavy atom. The lowest BCUT2D eigenvalue weighted by Gasteiger charge is -2.14. The van der Waals surface area contributed by atoms with Crippen molar-refractivity contribution in [1.29, 1.82) is 0 Å². The van der Waals surface area contributed by atoms with Crippen molar-refractivity contribution in [2.75, 3.05) is 19.9 Å². The normalized spacial score (nSPS) is 13.9. The van der Waals surface area contributed by atoms with E-state index < -0.39 is 13.2 Å². The molecule has 1 aromatic carbocycles. The molecule has 84 valence electrons. The fourth-order valence-electron chi connectivity index (χ4n) is 1.25. The van der Waals surface area contributed by atoms with Gasteiger partial charge in [-0.05, 0) is 25.0 Å². The van der Waals surface area contributed by atoms with Gasteiger partial charge < -0.3 is 15.4 Å². The summed E-state index contributed by atoms with van der Waals surface area (Å²) in [5.74, 6) is 0. The number of aliphatic hydroxyl groups excluding tert-OH is 1. The third-order valence-electron chi connectivity index (χ3n) is 2.20. The minimum absolute atomic E-state index is 0.103. The van der Waals surface area contributed by atoms with E-state index in [0.717, 1.165) is 15.3 Å². The van der Waals surface area contributed by atoms with Crippen LogP contribution in [0.3, 0.4) is 0 Å². The number of hydrogen-bond acceptors (Lipinski definition) is 3. The monoisotopic (exact) mass is 291 g/mol. The number of rotatable bonds is 3. The Bertz CT molecular complexity index is 402.